The number of thiophene rings is 1. The van der Waals surface area contributed by atoms with Gasteiger partial charge in [-0.2, -0.15) is 4.31 Å². The molecule has 1 N–H and O–H groups in total. The van der Waals surface area contributed by atoms with Crippen LogP contribution in [0.4, 0.5) is 0 Å². The molecule has 6 nitrogen and oxygen atoms in total. The second-order valence-corrected chi connectivity index (χ2v) is 9.00. The molecule has 136 valence electrons. The largest absolute Gasteiger partial charge is 0.382 e. The summed E-state index contributed by atoms with van der Waals surface area (Å²) in [5.41, 5.74) is 0. The predicted octanol–water partition coefficient (Wildman–Crippen LogP) is 2.08. The molecular weight excluding hydrogens is 348 g/mol. The number of sulfonamides is 1. The minimum Gasteiger partial charge on any atom is -0.382 e. The second-order valence-electron chi connectivity index (χ2n) is 5.88. The van der Waals surface area contributed by atoms with Crippen LogP contribution in [0.1, 0.15) is 32.6 Å². The number of nitrogens with one attached hydrogen (secondary N) is 1. The Balaban J connectivity index is 1.70. The lowest BCUT2D eigenvalue weighted by molar-refractivity contribution is -0.122. The zero-order valence-electron chi connectivity index (χ0n) is 14.1. The molecule has 0 aliphatic carbocycles. The number of nitrogens with zero attached hydrogens (tertiary/aromatic N) is 1. The van der Waals surface area contributed by atoms with Gasteiger partial charge < -0.3 is 10.1 Å². The van der Waals surface area contributed by atoms with Crippen LogP contribution in [0, 0.1) is 5.92 Å². The fourth-order valence-electron chi connectivity index (χ4n) is 2.77. The van der Waals surface area contributed by atoms with Crippen LogP contribution >= 0.6 is 11.3 Å². The molecule has 24 heavy (non-hydrogen) atoms. The third-order valence-electron chi connectivity index (χ3n) is 4.13. The molecule has 0 unspecified atom stereocenters. The van der Waals surface area contributed by atoms with E-state index in [2.05, 4.69) is 5.32 Å². The number of amides is 1. The summed E-state index contributed by atoms with van der Waals surface area (Å²) >= 11 is 1.25. The quantitative estimate of drug-likeness (QED) is 0.672. The number of carbonyl (C=O) groups is 1. The van der Waals surface area contributed by atoms with Crippen molar-refractivity contribution in [3.63, 3.8) is 0 Å². The monoisotopic (exact) mass is 374 g/mol. The summed E-state index contributed by atoms with van der Waals surface area (Å²) in [7, 11) is -3.36. The van der Waals surface area contributed by atoms with Gasteiger partial charge in [0.15, 0.2) is 0 Å². The molecule has 0 radical (unpaired) electrons. The molecule has 1 saturated heterocycles. The standard InChI is InChI=1S/C16H26N2O4S2/c1-2-22-11-4-8-17-15(19)13-14-6-9-18(10-7-14)24(20,21)16-5-3-12-23-16/h3,5,12,14H,2,4,6-11,13H2,1H3,(H,17,19). The van der Waals surface area contributed by atoms with Gasteiger partial charge in [0.1, 0.15) is 4.21 Å². The average Bonchev–Trinajstić information content (AvgIpc) is 3.10. The Labute approximate surface area is 148 Å². The molecule has 1 aromatic heterocycles. The van der Waals surface area contributed by atoms with Crippen molar-refractivity contribution in [2.75, 3.05) is 32.8 Å². The van der Waals surface area contributed by atoms with Gasteiger partial charge in [-0.1, -0.05) is 6.07 Å². The van der Waals surface area contributed by atoms with Gasteiger partial charge in [0.25, 0.3) is 10.0 Å². The fourth-order valence-corrected chi connectivity index (χ4v) is 5.39. The van der Waals surface area contributed by atoms with Gasteiger partial charge in [0, 0.05) is 39.3 Å². The van der Waals surface area contributed by atoms with Crippen molar-refractivity contribution in [2.24, 2.45) is 5.92 Å². The Morgan fingerprint density at radius 3 is 2.79 bits per heavy atom. The first-order valence-corrected chi connectivity index (χ1v) is 10.7. The molecule has 2 heterocycles. The zero-order valence-corrected chi connectivity index (χ0v) is 15.7. The minimum absolute atomic E-state index is 0.0473. The number of hydrogen-bond acceptors (Lipinski definition) is 5. The lowest BCUT2D eigenvalue weighted by Gasteiger charge is -2.30. The molecule has 8 heteroatoms. The fraction of sp³-hybridized carbons (Fsp3) is 0.688. The number of hydrogen-bond donors (Lipinski definition) is 1. The average molecular weight is 375 g/mol. The first-order valence-electron chi connectivity index (χ1n) is 8.42. The van der Waals surface area contributed by atoms with Crippen molar-refractivity contribution < 1.29 is 17.9 Å². The van der Waals surface area contributed by atoms with Gasteiger partial charge in [-0.15, -0.1) is 11.3 Å². The molecule has 1 aromatic rings. The van der Waals surface area contributed by atoms with E-state index in [1.54, 1.807) is 17.5 Å². The van der Waals surface area contributed by atoms with Crippen LogP contribution in [-0.2, 0) is 19.6 Å². The van der Waals surface area contributed by atoms with E-state index in [1.807, 2.05) is 6.92 Å². The summed E-state index contributed by atoms with van der Waals surface area (Å²) < 4.78 is 32.1. The van der Waals surface area contributed by atoms with Gasteiger partial charge >= 0.3 is 0 Å². The molecule has 1 aliphatic heterocycles. The van der Waals surface area contributed by atoms with E-state index in [0.717, 1.165) is 19.3 Å². The van der Waals surface area contributed by atoms with E-state index in [4.69, 9.17) is 4.74 Å². The molecule has 1 aliphatic rings. The predicted molar refractivity (Wildman–Crippen MR) is 94.5 cm³/mol. The molecule has 1 fully saturated rings. The lowest BCUT2D eigenvalue weighted by atomic mass is 9.94. The highest BCUT2D eigenvalue weighted by Gasteiger charge is 2.30. The second kappa shape index (κ2) is 9.50. The summed E-state index contributed by atoms with van der Waals surface area (Å²) in [6.07, 6.45) is 2.76. The lowest BCUT2D eigenvalue weighted by Crippen LogP contribution is -2.39. The summed E-state index contributed by atoms with van der Waals surface area (Å²) in [6.45, 7) is 4.91. The summed E-state index contributed by atoms with van der Waals surface area (Å²) in [5.74, 6) is 0.303. The Kier molecular flexibility index (Phi) is 7.67. The van der Waals surface area contributed by atoms with E-state index in [-0.39, 0.29) is 11.8 Å². The molecule has 0 atom stereocenters. The molecule has 0 aromatic carbocycles. The smallest absolute Gasteiger partial charge is 0.252 e. The summed E-state index contributed by atoms with van der Waals surface area (Å²) in [4.78, 5) is 11.9. The maximum atomic E-state index is 12.5. The summed E-state index contributed by atoms with van der Waals surface area (Å²) in [5, 5.41) is 4.68. The molecule has 0 spiro atoms. The van der Waals surface area contributed by atoms with Crippen molar-refractivity contribution in [1.82, 2.24) is 9.62 Å². The van der Waals surface area contributed by atoms with Crippen LogP contribution in [0.25, 0.3) is 0 Å². The number of rotatable bonds is 9. The van der Waals surface area contributed by atoms with Crippen LogP contribution in [0.3, 0.4) is 0 Å². The van der Waals surface area contributed by atoms with Gasteiger partial charge in [-0.25, -0.2) is 8.42 Å². The van der Waals surface area contributed by atoms with Crippen LogP contribution in [0.15, 0.2) is 21.7 Å². The Bertz CT molecular complexity index is 594. The van der Waals surface area contributed by atoms with Gasteiger partial charge in [-0.3, -0.25) is 4.79 Å². The highest BCUT2D eigenvalue weighted by molar-refractivity contribution is 7.91. The molecule has 2 rings (SSSR count). The van der Waals surface area contributed by atoms with E-state index >= 15 is 0 Å². The zero-order chi connectivity index (χ0) is 17.4. The number of ether oxygens (including phenoxy) is 1. The van der Waals surface area contributed by atoms with Crippen molar-refractivity contribution in [3.05, 3.63) is 17.5 Å². The Hall–Kier alpha value is -0.960. The van der Waals surface area contributed by atoms with Crippen LogP contribution < -0.4 is 5.32 Å². The molecule has 1 amide bonds. The van der Waals surface area contributed by atoms with Gasteiger partial charge in [-0.05, 0) is 43.6 Å². The van der Waals surface area contributed by atoms with Crippen molar-refractivity contribution in [3.8, 4) is 0 Å². The van der Waals surface area contributed by atoms with Gasteiger partial charge in [0.2, 0.25) is 5.91 Å². The maximum absolute atomic E-state index is 12.5. The number of carbonyl (C=O) groups excluding carboxylic acids is 1. The summed E-state index contributed by atoms with van der Waals surface area (Å²) in [6, 6.07) is 3.39. The highest BCUT2D eigenvalue weighted by atomic mass is 32.2. The third-order valence-corrected chi connectivity index (χ3v) is 7.40. The first kappa shape index (κ1) is 19.4. The SMILES string of the molecule is CCOCCCNC(=O)CC1CCN(S(=O)(=O)c2cccs2)CC1. The Morgan fingerprint density at radius 1 is 1.42 bits per heavy atom. The van der Waals surface area contributed by atoms with E-state index in [9.17, 15) is 13.2 Å². The highest BCUT2D eigenvalue weighted by Crippen LogP contribution is 2.27. The van der Waals surface area contributed by atoms with Crippen molar-refractivity contribution >= 4 is 27.3 Å². The van der Waals surface area contributed by atoms with Crippen molar-refractivity contribution in [1.29, 1.82) is 0 Å². The van der Waals surface area contributed by atoms with Gasteiger partial charge in [0.05, 0.1) is 0 Å². The molecule has 0 saturated carbocycles. The van der Waals surface area contributed by atoms with E-state index < -0.39 is 10.0 Å². The molecular formula is C16H26N2O4S2. The number of piperidine rings is 1. The topological polar surface area (TPSA) is 75.7 Å². The van der Waals surface area contributed by atoms with E-state index in [0.29, 0.717) is 43.5 Å². The van der Waals surface area contributed by atoms with Crippen LogP contribution in [-0.4, -0.2) is 51.5 Å². The normalized spacial score (nSPS) is 17.0. The minimum atomic E-state index is -3.36. The third kappa shape index (κ3) is 5.54. The Morgan fingerprint density at radius 2 is 2.17 bits per heavy atom. The van der Waals surface area contributed by atoms with Crippen LogP contribution in [0.2, 0.25) is 0 Å². The maximum Gasteiger partial charge on any atom is 0.252 e. The first-order chi connectivity index (χ1) is 11.5. The van der Waals surface area contributed by atoms with Crippen LogP contribution in [0.5, 0.6) is 0 Å². The van der Waals surface area contributed by atoms with Crippen molar-refractivity contribution in [2.45, 2.75) is 36.8 Å². The molecule has 0 bridgehead atoms. The van der Waals surface area contributed by atoms with E-state index in [1.165, 1.54) is 15.6 Å².